The Bertz CT molecular complexity index is 460. The van der Waals surface area contributed by atoms with E-state index in [0.717, 1.165) is 6.42 Å². The fraction of sp³-hybridized carbons (Fsp3) is 0.600. The largest absolute Gasteiger partial charge is 0.519 e. The van der Waals surface area contributed by atoms with Gasteiger partial charge in [0.15, 0.2) is 18.1 Å². The van der Waals surface area contributed by atoms with Gasteiger partial charge in [-0.15, -0.1) is 12.4 Å². The maximum Gasteiger partial charge on any atom is 0.519 e. The summed E-state index contributed by atoms with van der Waals surface area (Å²) in [7, 11) is 0. The minimum absolute atomic E-state index is 0. The fourth-order valence-corrected chi connectivity index (χ4v) is 1.54. The zero-order chi connectivity index (χ0) is 11.8. The Balaban J connectivity index is 0.00000144. The third-order valence-electron chi connectivity index (χ3n) is 2.82. The minimum atomic E-state index is -0.849. The summed E-state index contributed by atoms with van der Waals surface area (Å²) in [5, 5.41) is 0. The molecule has 0 radical (unpaired) electrons. The molecule has 0 bridgehead atoms. The van der Waals surface area contributed by atoms with E-state index in [4.69, 9.17) is 10.5 Å². The molecule has 1 saturated carbocycles. The smallest absolute Gasteiger partial charge is 0.456 e. The minimum Gasteiger partial charge on any atom is -0.456 e. The van der Waals surface area contributed by atoms with Crippen molar-refractivity contribution in [1.29, 1.82) is 0 Å². The quantitative estimate of drug-likeness (QED) is 0.814. The zero-order valence-corrected chi connectivity index (χ0v) is 10.2. The Morgan fingerprint density at radius 3 is 2.53 bits per heavy atom. The van der Waals surface area contributed by atoms with Gasteiger partial charge in [0.25, 0.3) is 0 Å². The fourth-order valence-electron chi connectivity index (χ4n) is 1.54. The van der Waals surface area contributed by atoms with Gasteiger partial charge in [0.05, 0.1) is 0 Å². The molecule has 1 fully saturated rings. The summed E-state index contributed by atoms with van der Waals surface area (Å²) in [5.74, 6) is -0.713. The van der Waals surface area contributed by atoms with Gasteiger partial charge in [-0.2, -0.15) is 0 Å². The molecule has 2 N–H and O–H groups in total. The van der Waals surface area contributed by atoms with Crippen LogP contribution in [-0.2, 0) is 16.1 Å². The van der Waals surface area contributed by atoms with E-state index in [1.54, 1.807) is 6.92 Å². The molecule has 1 aromatic heterocycles. The predicted molar refractivity (Wildman–Crippen MR) is 59.8 cm³/mol. The van der Waals surface area contributed by atoms with Crippen LogP contribution in [0.5, 0.6) is 0 Å². The maximum atomic E-state index is 11.5. The van der Waals surface area contributed by atoms with Gasteiger partial charge in [-0.1, -0.05) is 0 Å². The van der Waals surface area contributed by atoms with Crippen LogP contribution in [0.25, 0.3) is 0 Å². The van der Waals surface area contributed by atoms with Crippen molar-refractivity contribution in [2.24, 2.45) is 5.73 Å². The molecule has 0 unspecified atom stereocenters. The molecule has 0 amide bonds. The van der Waals surface area contributed by atoms with E-state index in [9.17, 15) is 9.59 Å². The van der Waals surface area contributed by atoms with Crippen LogP contribution in [0.4, 0.5) is 0 Å². The average Bonchev–Trinajstić information content (AvgIpc) is 2.50. The van der Waals surface area contributed by atoms with E-state index in [2.05, 4.69) is 8.83 Å². The number of ether oxygens (including phenoxy) is 1. The number of aryl methyl sites for hydroxylation is 1. The van der Waals surface area contributed by atoms with Gasteiger partial charge in [0.2, 0.25) is 0 Å². The number of halogens is 1. The van der Waals surface area contributed by atoms with Gasteiger partial charge in [0.1, 0.15) is 5.54 Å². The molecule has 0 atom stereocenters. The number of carbonyl (C=O) groups is 1. The number of hydrogen-bond donors (Lipinski definition) is 1. The summed E-state index contributed by atoms with van der Waals surface area (Å²) >= 11 is 0. The third-order valence-corrected chi connectivity index (χ3v) is 2.82. The van der Waals surface area contributed by atoms with Crippen LogP contribution in [0.1, 0.15) is 30.8 Å². The Labute approximate surface area is 104 Å². The topological polar surface area (TPSA) is 95.7 Å². The Morgan fingerprint density at radius 1 is 1.47 bits per heavy atom. The Kier molecular flexibility index (Phi) is 4.00. The lowest BCUT2D eigenvalue weighted by molar-refractivity contribution is -0.155. The second-order valence-corrected chi connectivity index (χ2v) is 4.02. The van der Waals surface area contributed by atoms with E-state index in [-0.39, 0.29) is 24.8 Å². The first-order valence-corrected chi connectivity index (χ1v) is 5.07. The molecule has 96 valence electrons. The van der Waals surface area contributed by atoms with Crippen LogP contribution in [-0.4, -0.2) is 11.5 Å². The summed E-state index contributed by atoms with van der Waals surface area (Å²) in [6.07, 6.45) is 2.21. The lowest BCUT2D eigenvalue weighted by Crippen LogP contribution is -2.54. The predicted octanol–water partition coefficient (Wildman–Crippen LogP) is 0.888. The van der Waals surface area contributed by atoms with E-state index >= 15 is 0 Å². The van der Waals surface area contributed by atoms with E-state index in [1.165, 1.54) is 0 Å². The molecule has 0 saturated heterocycles. The first kappa shape index (κ1) is 13.8. The van der Waals surface area contributed by atoms with Crippen LogP contribution in [0, 0.1) is 6.92 Å². The van der Waals surface area contributed by atoms with E-state index in [0.29, 0.717) is 18.6 Å². The van der Waals surface area contributed by atoms with Crippen LogP contribution in [0.3, 0.4) is 0 Å². The molecular formula is C10H14ClNO5. The molecule has 7 heteroatoms. The van der Waals surface area contributed by atoms with Gasteiger partial charge < -0.3 is 19.3 Å². The molecule has 17 heavy (non-hydrogen) atoms. The van der Waals surface area contributed by atoms with Crippen molar-refractivity contribution in [2.45, 2.75) is 38.3 Å². The normalized spacial score (nSPS) is 16.8. The molecule has 1 aromatic rings. The summed E-state index contributed by atoms with van der Waals surface area (Å²) in [4.78, 5) is 22.3. The van der Waals surface area contributed by atoms with Gasteiger partial charge in [-0.25, -0.2) is 4.79 Å². The zero-order valence-electron chi connectivity index (χ0n) is 9.36. The van der Waals surface area contributed by atoms with E-state index < -0.39 is 17.3 Å². The monoisotopic (exact) mass is 263 g/mol. The highest BCUT2D eigenvalue weighted by Crippen LogP contribution is 2.30. The second-order valence-electron chi connectivity index (χ2n) is 4.02. The van der Waals surface area contributed by atoms with Crippen molar-refractivity contribution in [2.75, 3.05) is 0 Å². The molecule has 0 aliphatic heterocycles. The maximum absolute atomic E-state index is 11.5. The molecular weight excluding hydrogens is 250 g/mol. The van der Waals surface area contributed by atoms with Crippen LogP contribution < -0.4 is 11.6 Å². The van der Waals surface area contributed by atoms with Crippen LogP contribution in [0.2, 0.25) is 0 Å². The SMILES string of the molecule is Cc1oc(=O)oc1COC(=O)C1(N)CCC1.Cl. The van der Waals surface area contributed by atoms with Gasteiger partial charge in [0, 0.05) is 0 Å². The van der Waals surface area contributed by atoms with Crippen molar-refractivity contribution >= 4 is 18.4 Å². The average molecular weight is 264 g/mol. The van der Waals surface area contributed by atoms with Crippen molar-refractivity contribution in [3.05, 3.63) is 22.1 Å². The third kappa shape index (κ3) is 2.70. The standard InChI is InChI=1S/C10H13NO5.ClH/c1-6-7(16-9(13)15-6)5-14-8(12)10(11)3-2-4-10;/h2-5,11H2,1H3;1H. The van der Waals surface area contributed by atoms with Crippen LogP contribution in [0.15, 0.2) is 13.6 Å². The van der Waals surface area contributed by atoms with Crippen molar-refractivity contribution in [1.82, 2.24) is 0 Å². The summed E-state index contributed by atoms with van der Waals surface area (Å²) < 4.78 is 14.3. The van der Waals surface area contributed by atoms with Gasteiger partial charge >= 0.3 is 11.8 Å². The van der Waals surface area contributed by atoms with Gasteiger partial charge in [-0.3, -0.25) is 4.79 Å². The number of rotatable bonds is 3. The van der Waals surface area contributed by atoms with E-state index in [1.807, 2.05) is 0 Å². The van der Waals surface area contributed by atoms with Crippen molar-refractivity contribution < 1.29 is 18.4 Å². The molecule has 1 heterocycles. The number of nitrogens with two attached hydrogens (primary N) is 1. The summed E-state index contributed by atoms with van der Waals surface area (Å²) in [6, 6.07) is 0. The number of hydrogen-bond acceptors (Lipinski definition) is 6. The highest BCUT2D eigenvalue weighted by Gasteiger charge is 2.41. The molecule has 6 nitrogen and oxygen atoms in total. The lowest BCUT2D eigenvalue weighted by atomic mass is 9.78. The first-order valence-electron chi connectivity index (χ1n) is 5.07. The lowest BCUT2D eigenvalue weighted by Gasteiger charge is -2.34. The van der Waals surface area contributed by atoms with Crippen LogP contribution >= 0.6 is 12.4 Å². The Morgan fingerprint density at radius 2 is 2.12 bits per heavy atom. The summed E-state index contributed by atoms with van der Waals surface area (Å²) in [6.45, 7) is 1.45. The molecule has 2 rings (SSSR count). The van der Waals surface area contributed by atoms with Crippen molar-refractivity contribution in [3.63, 3.8) is 0 Å². The van der Waals surface area contributed by atoms with Gasteiger partial charge in [-0.05, 0) is 26.2 Å². The van der Waals surface area contributed by atoms with Crippen molar-refractivity contribution in [3.8, 4) is 0 Å². The molecule has 1 aliphatic rings. The molecule has 0 aromatic carbocycles. The molecule has 1 aliphatic carbocycles. The highest BCUT2D eigenvalue weighted by atomic mass is 35.5. The highest BCUT2D eigenvalue weighted by molar-refractivity contribution is 5.85. The summed E-state index contributed by atoms with van der Waals surface area (Å²) in [5.41, 5.74) is 4.91. The Hall–Kier alpha value is -1.27. The second kappa shape index (κ2) is 4.93. The number of esters is 1. The molecule has 0 spiro atoms. The number of carbonyl (C=O) groups excluding carboxylic acids is 1. The first-order chi connectivity index (χ1) is 7.51.